The molecule has 0 amide bonds. The summed E-state index contributed by atoms with van der Waals surface area (Å²) < 4.78 is 43.6. The second-order valence-electron chi connectivity index (χ2n) is 8.37. The number of carboxylic acids is 1. The summed E-state index contributed by atoms with van der Waals surface area (Å²) in [5.41, 5.74) is -0.527. The Morgan fingerprint density at radius 2 is 1.72 bits per heavy atom. The molecule has 0 spiro atoms. The predicted molar refractivity (Wildman–Crippen MR) is 124 cm³/mol. The summed E-state index contributed by atoms with van der Waals surface area (Å²) in [6, 6.07) is 3.74. The second-order valence-corrected chi connectivity index (χ2v) is 10.3. The smallest absolute Gasteiger partial charge is 0.398 e. The van der Waals surface area contributed by atoms with Gasteiger partial charge in [-0.1, -0.05) is 30.1 Å². The van der Waals surface area contributed by atoms with Gasteiger partial charge in [0.15, 0.2) is 0 Å². The van der Waals surface area contributed by atoms with Gasteiger partial charge in [-0.25, -0.2) is 4.79 Å². The number of carboxylic acid groups (broad SMARTS) is 1. The highest BCUT2D eigenvalue weighted by Crippen LogP contribution is 2.47. The van der Waals surface area contributed by atoms with Crippen molar-refractivity contribution in [2.45, 2.75) is 70.5 Å². The third-order valence-electron chi connectivity index (χ3n) is 6.04. The van der Waals surface area contributed by atoms with Crippen LogP contribution in [0.1, 0.15) is 71.3 Å². The van der Waals surface area contributed by atoms with Gasteiger partial charge < -0.3 is 5.11 Å². The van der Waals surface area contributed by atoms with Gasteiger partial charge in [0.1, 0.15) is 4.88 Å². The van der Waals surface area contributed by atoms with Crippen LogP contribution >= 0.6 is 34.5 Å². The zero-order valence-electron chi connectivity index (χ0n) is 17.9. The van der Waals surface area contributed by atoms with Crippen molar-refractivity contribution in [3.63, 3.8) is 0 Å². The summed E-state index contributed by atoms with van der Waals surface area (Å²) in [7, 11) is 0. The monoisotopic (exact) mass is 505 g/mol. The average Bonchev–Trinajstić information content (AvgIpc) is 3.27. The van der Waals surface area contributed by atoms with Crippen LogP contribution in [0.4, 0.5) is 13.2 Å². The molecule has 1 N–H and O–H groups in total. The number of carbonyl (C=O) groups is 1. The number of aliphatic imine (C=N–C) groups is 1. The zero-order chi connectivity index (χ0) is 23.8. The first kappa shape index (κ1) is 25.1. The van der Waals surface area contributed by atoms with Crippen LogP contribution in [0.2, 0.25) is 10.0 Å². The standard InChI is InChI=1S/C23H24Cl2F3NO2S/c1-4-12(2)29-18(19-16-6-5-7-17(16)20(32-19)21(30)31)11-22(3,23(26,27)28)13-8-14(24)10-15(25)9-13/h8-10,12H,4-7,11H2,1-3H3,(H,30,31). The van der Waals surface area contributed by atoms with Crippen LogP contribution in [0, 0.1) is 0 Å². The van der Waals surface area contributed by atoms with Crippen molar-refractivity contribution in [2.75, 3.05) is 0 Å². The fraction of sp³-hybridized carbons (Fsp3) is 0.478. The third-order valence-corrected chi connectivity index (χ3v) is 7.79. The molecule has 0 aliphatic heterocycles. The van der Waals surface area contributed by atoms with Crippen LogP contribution < -0.4 is 0 Å². The summed E-state index contributed by atoms with van der Waals surface area (Å²) in [4.78, 5) is 17.2. The van der Waals surface area contributed by atoms with Crippen LogP contribution in [0.15, 0.2) is 23.2 Å². The molecule has 1 aliphatic rings. The van der Waals surface area contributed by atoms with Crippen LogP contribution in [-0.4, -0.2) is 29.0 Å². The first-order valence-electron chi connectivity index (χ1n) is 10.4. The molecule has 2 atom stereocenters. The molecule has 3 nitrogen and oxygen atoms in total. The molecular formula is C23H24Cl2F3NO2S. The number of halogens is 5. The lowest BCUT2D eigenvalue weighted by atomic mass is 9.76. The third kappa shape index (κ3) is 4.85. The maximum absolute atomic E-state index is 14.5. The number of benzene rings is 1. The quantitative estimate of drug-likeness (QED) is 0.391. The van der Waals surface area contributed by atoms with Gasteiger partial charge in [-0.15, -0.1) is 11.3 Å². The largest absolute Gasteiger partial charge is 0.477 e. The molecule has 0 bridgehead atoms. The van der Waals surface area contributed by atoms with E-state index >= 15 is 0 Å². The van der Waals surface area contributed by atoms with Crippen molar-refractivity contribution in [2.24, 2.45) is 4.99 Å². The van der Waals surface area contributed by atoms with Crippen molar-refractivity contribution in [3.05, 3.63) is 54.7 Å². The number of fused-ring (bicyclic) bond motifs is 1. The Bertz CT molecular complexity index is 1040. The van der Waals surface area contributed by atoms with Gasteiger partial charge in [-0.2, -0.15) is 13.2 Å². The molecule has 0 fully saturated rings. The Morgan fingerprint density at radius 1 is 1.16 bits per heavy atom. The average molecular weight is 506 g/mol. The Balaban J connectivity index is 2.20. The maximum Gasteiger partial charge on any atom is 0.398 e. The first-order valence-corrected chi connectivity index (χ1v) is 11.9. The van der Waals surface area contributed by atoms with Gasteiger partial charge in [0.25, 0.3) is 0 Å². The number of hydrogen-bond acceptors (Lipinski definition) is 3. The molecule has 3 rings (SSSR count). The Labute approximate surface area is 199 Å². The van der Waals surface area contributed by atoms with E-state index in [4.69, 9.17) is 23.2 Å². The van der Waals surface area contributed by atoms with E-state index in [1.54, 1.807) is 0 Å². The Hall–Kier alpha value is -1.57. The normalized spacial score (nSPS) is 17.2. The van der Waals surface area contributed by atoms with Gasteiger partial charge in [-0.3, -0.25) is 4.99 Å². The lowest BCUT2D eigenvalue weighted by Crippen LogP contribution is -2.41. The zero-order valence-corrected chi connectivity index (χ0v) is 20.3. The van der Waals surface area contributed by atoms with Gasteiger partial charge in [0, 0.05) is 22.5 Å². The van der Waals surface area contributed by atoms with E-state index in [1.165, 1.54) is 18.2 Å². The lowest BCUT2D eigenvalue weighted by Gasteiger charge is -2.33. The molecule has 1 aliphatic carbocycles. The van der Waals surface area contributed by atoms with Crippen molar-refractivity contribution in [3.8, 4) is 0 Å². The van der Waals surface area contributed by atoms with Crippen molar-refractivity contribution in [1.29, 1.82) is 0 Å². The SMILES string of the molecule is CCC(C)N=C(CC(C)(c1cc(Cl)cc(Cl)c1)C(F)(F)F)c1sc(C(=O)O)c2c1CCC2. The molecule has 2 unspecified atom stereocenters. The molecule has 0 saturated heterocycles. The van der Waals surface area contributed by atoms with Gasteiger partial charge >= 0.3 is 12.1 Å². The molecule has 2 aromatic rings. The topological polar surface area (TPSA) is 49.7 Å². The molecule has 32 heavy (non-hydrogen) atoms. The number of aromatic carboxylic acids is 1. The van der Waals surface area contributed by atoms with Gasteiger partial charge in [-0.05, 0) is 74.4 Å². The summed E-state index contributed by atoms with van der Waals surface area (Å²) >= 11 is 13.1. The van der Waals surface area contributed by atoms with E-state index in [9.17, 15) is 23.1 Å². The van der Waals surface area contributed by atoms with Crippen molar-refractivity contribution in [1.82, 2.24) is 0 Å². The van der Waals surface area contributed by atoms with Crippen molar-refractivity contribution >= 4 is 46.2 Å². The van der Waals surface area contributed by atoms with Crippen LogP contribution in [0.5, 0.6) is 0 Å². The highest BCUT2D eigenvalue weighted by atomic mass is 35.5. The Morgan fingerprint density at radius 3 is 2.22 bits per heavy atom. The van der Waals surface area contributed by atoms with E-state index in [0.29, 0.717) is 24.1 Å². The van der Waals surface area contributed by atoms with Crippen LogP contribution in [0.3, 0.4) is 0 Å². The molecule has 1 aromatic heterocycles. The molecule has 0 saturated carbocycles. The van der Waals surface area contributed by atoms with E-state index < -0.39 is 24.0 Å². The maximum atomic E-state index is 14.5. The molecular weight excluding hydrogens is 482 g/mol. The number of rotatable bonds is 7. The molecule has 9 heteroatoms. The number of nitrogens with zero attached hydrogens (tertiary/aromatic N) is 1. The summed E-state index contributed by atoms with van der Waals surface area (Å²) in [5, 5.41) is 9.87. The van der Waals surface area contributed by atoms with Crippen LogP contribution in [-0.2, 0) is 18.3 Å². The summed E-state index contributed by atoms with van der Waals surface area (Å²) in [5.74, 6) is -1.05. The predicted octanol–water partition coefficient (Wildman–Crippen LogP) is 7.74. The second kappa shape index (κ2) is 9.35. The highest BCUT2D eigenvalue weighted by molar-refractivity contribution is 7.16. The fourth-order valence-corrected chi connectivity index (χ4v) is 5.75. The Kier molecular flexibility index (Phi) is 7.32. The van der Waals surface area contributed by atoms with Gasteiger partial charge in [0.05, 0.1) is 16.0 Å². The van der Waals surface area contributed by atoms with Gasteiger partial charge in [0.2, 0.25) is 0 Å². The van der Waals surface area contributed by atoms with E-state index in [2.05, 4.69) is 4.99 Å². The van der Waals surface area contributed by atoms with E-state index in [0.717, 1.165) is 35.8 Å². The molecule has 0 radical (unpaired) electrons. The van der Waals surface area contributed by atoms with E-state index in [1.807, 2.05) is 13.8 Å². The van der Waals surface area contributed by atoms with E-state index in [-0.39, 0.29) is 32.2 Å². The summed E-state index contributed by atoms with van der Waals surface area (Å²) in [6.07, 6.45) is -2.38. The number of hydrogen-bond donors (Lipinski definition) is 1. The minimum absolute atomic E-state index is 0.0500. The fourth-order valence-electron chi connectivity index (χ4n) is 3.99. The van der Waals surface area contributed by atoms with Crippen LogP contribution in [0.25, 0.3) is 0 Å². The molecule has 1 heterocycles. The van der Waals surface area contributed by atoms with Crippen molar-refractivity contribution < 1.29 is 23.1 Å². The molecule has 174 valence electrons. The molecule has 1 aromatic carbocycles. The summed E-state index contributed by atoms with van der Waals surface area (Å²) in [6.45, 7) is 4.87. The lowest BCUT2D eigenvalue weighted by molar-refractivity contribution is -0.183. The highest BCUT2D eigenvalue weighted by Gasteiger charge is 2.53. The first-order chi connectivity index (χ1) is 14.9. The minimum Gasteiger partial charge on any atom is -0.477 e. The number of alkyl halides is 3. The minimum atomic E-state index is -4.62. The number of thiophene rings is 1.